The largest absolute Gasteiger partial charge is 0.231 e. The number of aromatic nitrogens is 2. The monoisotopic (exact) mass is 306 g/mol. The van der Waals surface area contributed by atoms with E-state index in [0.29, 0.717) is 0 Å². The molecule has 0 saturated heterocycles. The van der Waals surface area contributed by atoms with Crippen molar-refractivity contribution in [3.05, 3.63) is 89.7 Å². The van der Waals surface area contributed by atoms with Crippen LogP contribution in [0.1, 0.15) is 16.8 Å². The number of hydrogen-bond acceptors (Lipinski definition) is 3. The fraction of sp³-hybridized carbons (Fsp3) is 0.158. The highest BCUT2D eigenvalue weighted by atomic mass is 32.2. The molecule has 1 heterocycles. The van der Waals surface area contributed by atoms with Gasteiger partial charge in [0.1, 0.15) is 0 Å². The standard InChI is InChI=1S/C19H18N2S/c1-3-7-16(8-4-1)12-14-22-19-20-13-11-18(21-19)15-17-9-5-2-6-10-17/h1-11,13H,12,14-15H2. The average Bonchev–Trinajstić information content (AvgIpc) is 2.57. The Bertz CT molecular complexity index is 699. The van der Waals surface area contributed by atoms with E-state index in [0.717, 1.165) is 29.4 Å². The third kappa shape index (κ3) is 4.43. The predicted octanol–water partition coefficient (Wildman–Crippen LogP) is 4.40. The minimum absolute atomic E-state index is 0.857. The molecule has 1 aromatic heterocycles. The lowest BCUT2D eigenvalue weighted by Crippen LogP contribution is -1.96. The molecule has 0 fully saturated rings. The Morgan fingerprint density at radius 3 is 2.18 bits per heavy atom. The van der Waals surface area contributed by atoms with Crippen molar-refractivity contribution in [1.82, 2.24) is 9.97 Å². The molecule has 0 amide bonds. The van der Waals surface area contributed by atoms with Crippen LogP contribution in [0.15, 0.2) is 78.1 Å². The molecule has 0 aliphatic heterocycles. The summed E-state index contributed by atoms with van der Waals surface area (Å²) in [5.41, 5.74) is 3.71. The molecule has 0 bridgehead atoms. The smallest absolute Gasteiger partial charge is 0.187 e. The van der Waals surface area contributed by atoms with Gasteiger partial charge in [-0.25, -0.2) is 9.97 Å². The maximum absolute atomic E-state index is 4.65. The summed E-state index contributed by atoms with van der Waals surface area (Å²) in [6.07, 6.45) is 3.75. The first-order chi connectivity index (χ1) is 10.9. The molecule has 2 aromatic carbocycles. The van der Waals surface area contributed by atoms with Gasteiger partial charge in [0, 0.05) is 24.1 Å². The van der Waals surface area contributed by atoms with Crippen molar-refractivity contribution in [3.8, 4) is 0 Å². The van der Waals surface area contributed by atoms with Gasteiger partial charge >= 0.3 is 0 Å². The number of hydrogen-bond donors (Lipinski definition) is 0. The zero-order valence-corrected chi connectivity index (χ0v) is 13.2. The number of aryl methyl sites for hydroxylation is 1. The van der Waals surface area contributed by atoms with E-state index in [-0.39, 0.29) is 0 Å². The van der Waals surface area contributed by atoms with Gasteiger partial charge in [0.25, 0.3) is 0 Å². The lowest BCUT2D eigenvalue weighted by molar-refractivity contribution is 0.901. The third-order valence-corrected chi connectivity index (χ3v) is 4.25. The first-order valence-electron chi connectivity index (χ1n) is 7.43. The molecule has 3 aromatic rings. The molecule has 0 atom stereocenters. The van der Waals surface area contributed by atoms with Crippen LogP contribution < -0.4 is 0 Å². The van der Waals surface area contributed by atoms with Crippen molar-refractivity contribution in [2.75, 3.05) is 5.75 Å². The SMILES string of the molecule is c1ccc(CCSc2nccc(Cc3ccccc3)n2)cc1. The molecule has 0 spiro atoms. The fourth-order valence-electron chi connectivity index (χ4n) is 2.25. The summed E-state index contributed by atoms with van der Waals surface area (Å²) in [6.45, 7) is 0. The van der Waals surface area contributed by atoms with Crippen LogP contribution in [0.4, 0.5) is 0 Å². The normalized spacial score (nSPS) is 10.5. The molecule has 0 saturated carbocycles. The molecule has 2 nitrogen and oxygen atoms in total. The second-order valence-corrected chi connectivity index (χ2v) is 6.14. The lowest BCUT2D eigenvalue weighted by Gasteiger charge is -2.04. The summed E-state index contributed by atoms with van der Waals surface area (Å²) < 4.78 is 0. The number of benzene rings is 2. The minimum atomic E-state index is 0.857. The van der Waals surface area contributed by atoms with E-state index in [1.165, 1.54) is 11.1 Å². The van der Waals surface area contributed by atoms with Crippen LogP contribution >= 0.6 is 11.8 Å². The van der Waals surface area contributed by atoms with Gasteiger partial charge in [-0.1, -0.05) is 72.4 Å². The zero-order valence-electron chi connectivity index (χ0n) is 12.4. The molecule has 3 heteroatoms. The fourth-order valence-corrected chi connectivity index (χ4v) is 3.09. The van der Waals surface area contributed by atoms with Gasteiger partial charge in [-0.2, -0.15) is 0 Å². The van der Waals surface area contributed by atoms with Crippen molar-refractivity contribution in [1.29, 1.82) is 0 Å². The summed E-state index contributed by atoms with van der Waals surface area (Å²) in [4.78, 5) is 9.02. The van der Waals surface area contributed by atoms with E-state index in [1.807, 2.05) is 24.4 Å². The van der Waals surface area contributed by atoms with Crippen LogP contribution in [-0.2, 0) is 12.8 Å². The number of nitrogens with zero attached hydrogens (tertiary/aromatic N) is 2. The van der Waals surface area contributed by atoms with Crippen LogP contribution in [0.3, 0.4) is 0 Å². The highest BCUT2D eigenvalue weighted by Crippen LogP contribution is 2.16. The molecule has 3 rings (SSSR count). The summed E-state index contributed by atoms with van der Waals surface area (Å²) >= 11 is 1.72. The van der Waals surface area contributed by atoms with Crippen molar-refractivity contribution in [3.63, 3.8) is 0 Å². The van der Waals surface area contributed by atoms with Gasteiger partial charge in [-0.05, 0) is 23.6 Å². The van der Waals surface area contributed by atoms with Crippen LogP contribution in [0.2, 0.25) is 0 Å². The summed E-state index contributed by atoms with van der Waals surface area (Å²) in [7, 11) is 0. The van der Waals surface area contributed by atoms with Gasteiger partial charge in [0.15, 0.2) is 5.16 Å². The molecule has 0 unspecified atom stereocenters. The van der Waals surface area contributed by atoms with Crippen molar-refractivity contribution in [2.45, 2.75) is 18.0 Å². The molecular formula is C19H18N2S. The molecule has 0 radical (unpaired) electrons. The van der Waals surface area contributed by atoms with E-state index in [1.54, 1.807) is 11.8 Å². The molecule has 0 N–H and O–H groups in total. The Hall–Kier alpha value is -2.13. The Morgan fingerprint density at radius 2 is 1.45 bits per heavy atom. The van der Waals surface area contributed by atoms with Gasteiger partial charge in [-0.3, -0.25) is 0 Å². The lowest BCUT2D eigenvalue weighted by atomic mass is 10.1. The summed E-state index contributed by atoms with van der Waals surface area (Å²) in [6, 6.07) is 22.9. The zero-order chi connectivity index (χ0) is 15.0. The third-order valence-electron chi connectivity index (χ3n) is 3.38. The molecular weight excluding hydrogens is 288 g/mol. The molecule has 0 aliphatic rings. The van der Waals surface area contributed by atoms with E-state index >= 15 is 0 Å². The van der Waals surface area contributed by atoms with Gasteiger partial charge in [0.05, 0.1) is 0 Å². The van der Waals surface area contributed by atoms with Gasteiger partial charge < -0.3 is 0 Å². The first kappa shape index (κ1) is 14.8. The number of rotatable bonds is 6. The highest BCUT2D eigenvalue weighted by molar-refractivity contribution is 7.99. The maximum Gasteiger partial charge on any atom is 0.187 e. The van der Waals surface area contributed by atoms with Crippen LogP contribution in [0.25, 0.3) is 0 Å². The second-order valence-electron chi connectivity index (χ2n) is 5.08. The Kier molecular flexibility index (Phi) is 5.22. The quantitative estimate of drug-likeness (QED) is 0.498. The van der Waals surface area contributed by atoms with E-state index in [4.69, 9.17) is 0 Å². The Morgan fingerprint density at radius 1 is 0.773 bits per heavy atom. The molecule has 22 heavy (non-hydrogen) atoms. The van der Waals surface area contributed by atoms with E-state index < -0.39 is 0 Å². The summed E-state index contributed by atoms with van der Waals surface area (Å²) in [5, 5.41) is 0.865. The second kappa shape index (κ2) is 7.76. The maximum atomic E-state index is 4.65. The average molecular weight is 306 g/mol. The van der Waals surface area contributed by atoms with Crippen molar-refractivity contribution in [2.24, 2.45) is 0 Å². The number of thioether (sulfide) groups is 1. The van der Waals surface area contributed by atoms with Gasteiger partial charge in [0.2, 0.25) is 0 Å². The predicted molar refractivity (Wildman–Crippen MR) is 92.2 cm³/mol. The Balaban J connectivity index is 1.57. The van der Waals surface area contributed by atoms with Gasteiger partial charge in [-0.15, -0.1) is 0 Å². The van der Waals surface area contributed by atoms with Crippen LogP contribution in [0, 0.1) is 0 Å². The minimum Gasteiger partial charge on any atom is -0.231 e. The first-order valence-corrected chi connectivity index (χ1v) is 8.41. The van der Waals surface area contributed by atoms with Crippen LogP contribution in [-0.4, -0.2) is 15.7 Å². The molecule has 110 valence electrons. The Labute approximate surface area is 135 Å². The van der Waals surface area contributed by atoms with Crippen molar-refractivity contribution >= 4 is 11.8 Å². The highest BCUT2D eigenvalue weighted by Gasteiger charge is 2.02. The van der Waals surface area contributed by atoms with Crippen molar-refractivity contribution < 1.29 is 0 Å². The van der Waals surface area contributed by atoms with Crippen LogP contribution in [0.5, 0.6) is 0 Å². The van der Waals surface area contributed by atoms with E-state index in [9.17, 15) is 0 Å². The van der Waals surface area contributed by atoms with E-state index in [2.05, 4.69) is 58.5 Å². The topological polar surface area (TPSA) is 25.8 Å². The molecule has 0 aliphatic carbocycles. The summed E-state index contributed by atoms with van der Waals surface area (Å²) in [5.74, 6) is 0.999.